The maximum atomic E-state index is 12.3. The van der Waals surface area contributed by atoms with E-state index in [4.69, 9.17) is 28.4 Å². The minimum Gasteiger partial charge on any atom is -0.433 e. The Morgan fingerprint density at radius 1 is 0.723 bits per heavy atom. The number of aliphatic hydroxyl groups is 11. The van der Waals surface area contributed by atoms with Gasteiger partial charge in [0.2, 0.25) is 12.1 Å². The molecule has 0 aromatic heterocycles. The third kappa shape index (κ3) is 9.97. The summed E-state index contributed by atoms with van der Waals surface area (Å²) in [5, 5.41) is 113. The van der Waals surface area contributed by atoms with Gasteiger partial charge in [-0.3, -0.25) is 4.79 Å². The van der Waals surface area contributed by atoms with Crippen LogP contribution in [0.5, 0.6) is 0 Å². The Hall–Kier alpha value is -1.17. The normalized spacial score (nSPS) is 41.6. The van der Waals surface area contributed by atoms with Crippen molar-refractivity contribution >= 4 is 5.97 Å². The summed E-state index contributed by atoms with van der Waals surface area (Å²) in [5.41, 5.74) is 0. The molecule has 18 nitrogen and oxygen atoms in total. The van der Waals surface area contributed by atoms with E-state index < -0.39 is 118 Å². The van der Waals surface area contributed by atoms with Gasteiger partial charge in [0.15, 0.2) is 18.7 Å². The third-order valence-electron chi connectivity index (χ3n) is 8.69. The molecule has 47 heavy (non-hydrogen) atoms. The van der Waals surface area contributed by atoms with Crippen LogP contribution in [0.4, 0.5) is 0 Å². The van der Waals surface area contributed by atoms with Crippen molar-refractivity contribution in [2.45, 2.75) is 157 Å². The van der Waals surface area contributed by atoms with Crippen LogP contribution in [0.25, 0.3) is 0 Å². The fraction of sp³-hybridized carbons (Fsp3) is 0.966. The number of rotatable bonds is 18. The number of esters is 1. The molecule has 3 rings (SSSR count). The van der Waals surface area contributed by atoms with Crippen molar-refractivity contribution in [3.05, 3.63) is 0 Å². The van der Waals surface area contributed by atoms with E-state index in [1.807, 2.05) is 0 Å². The van der Waals surface area contributed by atoms with Crippen molar-refractivity contribution in [3.8, 4) is 0 Å². The molecule has 276 valence electrons. The second-order valence-electron chi connectivity index (χ2n) is 12.3. The molecule has 3 aliphatic rings. The Morgan fingerprint density at radius 2 is 1.32 bits per heavy atom. The highest BCUT2D eigenvalue weighted by molar-refractivity contribution is 5.69. The molecule has 3 saturated heterocycles. The number of ether oxygens (including phenoxy) is 6. The van der Waals surface area contributed by atoms with Gasteiger partial charge in [0, 0.05) is 6.42 Å². The summed E-state index contributed by atoms with van der Waals surface area (Å²) in [6, 6.07) is 0. The highest BCUT2D eigenvalue weighted by Gasteiger charge is 2.58. The first-order valence-electron chi connectivity index (χ1n) is 16.1. The molecule has 0 radical (unpaired) electrons. The zero-order valence-corrected chi connectivity index (χ0v) is 26.3. The molecule has 0 aliphatic carbocycles. The molecule has 0 amide bonds. The van der Waals surface area contributed by atoms with E-state index in [-0.39, 0.29) is 6.42 Å². The predicted octanol–water partition coefficient (Wildman–Crippen LogP) is -4.17. The van der Waals surface area contributed by atoms with Gasteiger partial charge in [-0.25, -0.2) is 0 Å². The topological polar surface area (TPSA) is 295 Å². The summed E-state index contributed by atoms with van der Waals surface area (Å²) in [5.74, 6) is -3.19. The lowest BCUT2D eigenvalue weighted by molar-refractivity contribution is -0.389. The fourth-order valence-corrected chi connectivity index (χ4v) is 5.72. The highest BCUT2D eigenvalue weighted by atomic mass is 16.8. The van der Waals surface area contributed by atoms with E-state index in [0.29, 0.717) is 6.42 Å². The highest BCUT2D eigenvalue weighted by Crippen LogP contribution is 2.36. The van der Waals surface area contributed by atoms with Crippen molar-refractivity contribution in [2.24, 2.45) is 0 Å². The first kappa shape index (κ1) is 40.3. The summed E-state index contributed by atoms with van der Waals surface area (Å²) in [6.45, 7) is -0.472. The van der Waals surface area contributed by atoms with Crippen LogP contribution >= 0.6 is 0 Å². The molecule has 3 heterocycles. The third-order valence-corrected chi connectivity index (χ3v) is 8.69. The number of carbonyl (C=O) groups is 1. The lowest BCUT2D eigenvalue weighted by Gasteiger charge is -2.45. The van der Waals surface area contributed by atoms with Crippen LogP contribution in [0.1, 0.15) is 64.7 Å². The summed E-state index contributed by atoms with van der Waals surface area (Å²) in [4.78, 5) is 12.3. The van der Waals surface area contributed by atoms with E-state index in [1.54, 1.807) is 0 Å². The van der Waals surface area contributed by atoms with E-state index in [9.17, 15) is 61.0 Å². The monoisotopic (exact) mass is 688 g/mol. The van der Waals surface area contributed by atoms with E-state index in [1.165, 1.54) is 6.42 Å². The lowest BCUT2D eigenvalue weighted by atomic mass is 9.97. The maximum absolute atomic E-state index is 12.3. The molecular weight excluding hydrogens is 636 g/mol. The second kappa shape index (κ2) is 18.7. The Balaban J connectivity index is 1.56. The van der Waals surface area contributed by atoms with Gasteiger partial charge in [-0.05, 0) is 6.42 Å². The summed E-state index contributed by atoms with van der Waals surface area (Å²) >= 11 is 0. The molecule has 0 aromatic carbocycles. The SMILES string of the molecule is CCCCCCCCCCC(=O)OC(O)[C@H]1O[C@H](OC[C@H]2O[C@H](O[C@]3(CO)O[C@H](CO)[C@@H](O)[C@@H]3O)[C@H](O)[C@@H](O)[C@@H]2O)[C@H](O)[C@@H](O)[C@H]1O. The van der Waals surface area contributed by atoms with E-state index in [0.717, 1.165) is 38.5 Å². The molecule has 1 unspecified atom stereocenters. The smallest absolute Gasteiger partial charge is 0.308 e. The van der Waals surface area contributed by atoms with Crippen molar-refractivity contribution in [1.82, 2.24) is 0 Å². The number of carbonyl (C=O) groups excluding carboxylic acids is 1. The van der Waals surface area contributed by atoms with Gasteiger partial charge in [0.25, 0.3) is 0 Å². The van der Waals surface area contributed by atoms with Gasteiger partial charge in [0.05, 0.1) is 13.2 Å². The lowest BCUT2D eigenvalue weighted by Crippen LogP contribution is -2.64. The first-order valence-corrected chi connectivity index (χ1v) is 16.1. The molecule has 11 N–H and O–H groups in total. The number of unbranched alkanes of at least 4 members (excludes halogenated alkanes) is 7. The number of hydrogen-bond donors (Lipinski definition) is 11. The Bertz CT molecular complexity index is 930. The zero-order chi connectivity index (χ0) is 34.9. The van der Waals surface area contributed by atoms with Crippen LogP contribution in [0.2, 0.25) is 0 Å². The van der Waals surface area contributed by atoms with E-state index in [2.05, 4.69) is 6.92 Å². The largest absolute Gasteiger partial charge is 0.433 e. The molecule has 3 fully saturated rings. The van der Waals surface area contributed by atoms with Gasteiger partial charge in [0.1, 0.15) is 67.6 Å². The van der Waals surface area contributed by atoms with Crippen molar-refractivity contribution < 1.29 is 89.4 Å². The second-order valence-corrected chi connectivity index (χ2v) is 12.3. The number of aliphatic hydroxyl groups excluding tert-OH is 11. The maximum Gasteiger partial charge on any atom is 0.308 e. The van der Waals surface area contributed by atoms with Gasteiger partial charge in [-0.15, -0.1) is 0 Å². The molecule has 15 atom stereocenters. The predicted molar refractivity (Wildman–Crippen MR) is 154 cm³/mol. The molecule has 0 spiro atoms. The Morgan fingerprint density at radius 3 is 1.91 bits per heavy atom. The van der Waals surface area contributed by atoms with Gasteiger partial charge < -0.3 is 84.6 Å². The Labute approximate surface area is 272 Å². The van der Waals surface area contributed by atoms with Crippen LogP contribution in [0, 0.1) is 0 Å². The summed E-state index contributed by atoms with van der Waals surface area (Å²) in [6.07, 6.45) is -17.8. The fourth-order valence-electron chi connectivity index (χ4n) is 5.72. The van der Waals surface area contributed by atoms with Crippen LogP contribution < -0.4 is 0 Å². The summed E-state index contributed by atoms with van der Waals surface area (Å²) in [7, 11) is 0. The van der Waals surface area contributed by atoms with Gasteiger partial charge in [-0.2, -0.15) is 0 Å². The van der Waals surface area contributed by atoms with Gasteiger partial charge in [-0.1, -0.05) is 51.9 Å². The van der Waals surface area contributed by atoms with Crippen molar-refractivity contribution in [3.63, 3.8) is 0 Å². The zero-order valence-electron chi connectivity index (χ0n) is 26.3. The average Bonchev–Trinajstić information content (AvgIpc) is 3.30. The molecule has 18 heteroatoms. The number of hydrogen-bond acceptors (Lipinski definition) is 18. The van der Waals surface area contributed by atoms with Crippen LogP contribution in [0.3, 0.4) is 0 Å². The molecular formula is C29H52O18. The minimum absolute atomic E-state index is 0.00643. The van der Waals surface area contributed by atoms with Crippen LogP contribution in [-0.2, 0) is 33.2 Å². The summed E-state index contributed by atoms with van der Waals surface area (Å²) < 4.78 is 32.0. The quantitative estimate of drug-likeness (QED) is 0.0370. The molecule has 3 aliphatic heterocycles. The van der Waals surface area contributed by atoms with Crippen molar-refractivity contribution in [1.29, 1.82) is 0 Å². The first-order chi connectivity index (χ1) is 22.3. The van der Waals surface area contributed by atoms with Crippen LogP contribution in [0.15, 0.2) is 0 Å². The molecule has 0 bridgehead atoms. The van der Waals surface area contributed by atoms with Crippen molar-refractivity contribution in [2.75, 3.05) is 19.8 Å². The van der Waals surface area contributed by atoms with Crippen LogP contribution in [-0.4, -0.2) is 174 Å². The van der Waals surface area contributed by atoms with E-state index >= 15 is 0 Å². The molecule has 0 aromatic rings. The molecule has 0 saturated carbocycles. The Kier molecular flexibility index (Phi) is 16.0. The van der Waals surface area contributed by atoms with Gasteiger partial charge >= 0.3 is 5.97 Å². The average molecular weight is 689 g/mol. The standard InChI is InChI=1S/C29H52O18/c1-2-3-4-5-6-7-8-9-10-16(32)44-26(41)24-21(37)20(36)22(38)27(45-24)42-12-15-17(33)19(35)23(39)28(43-15)47-29(13-31)25(40)18(34)14(11-30)46-29/h14-15,17-28,30-31,33-41H,2-13H2,1H3/t14-,15-,17-,18-,19+,20+,21-,22-,23-,24+,25+,26?,27+,28-,29+/m1/s1. The minimum atomic E-state index is -2.41.